The van der Waals surface area contributed by atoms with Crippen LogP contribution >= 0.6 is 0 Å². The number of hydrogen-bond donors (Lipinski definition) is 2. The van der Waals surface area contributed by atoms with Crippen molar-refractivity contribution in [1.82, 2.24) is 10.3 Å². The Balaban J connectivity index is 1.99. The number of benzene rings is 1. The van der Waals surface area contributed by atoms with Gasteiger partial charge in [0.1, 0.15) is 0 Å². The largest absolute Gasteiger partial charge is 0.348 e. The van der Waals surface area contributed by atoms with Gasteiger partial charge in [-0.15, -0.1) is 0 Å². The number of nitrogens with one attached hydrogen (secondary N) is 1. The van der Waals surface area contributed by atoms with E-state index in [9.17, 15) is 4.79 Å². The van der Waals surface area contributed by atoms with Crippen LogP contribution in [0.3, 0.4) is 0 Å². The maximum Gasteiger partial charge on any atom is 0.224 e. The van der Waals surface area contributed by atoms with Gasteiger partial charge >= 0.3 is 0 Å². The van der Waals surface area contributed by atoms with Crippen molar-refractivity contribution < 1.29 is 4.79 Å². The molecular weight excluding hydrogens is 250 g/mol. The number of pyridine rings is 1. The first kappa shape index (κ1) is 14.2. The van der Waals surface area contributed by atoms with Crippen LogP contribution in [0.4, 0.5) is 0 Å². The quantitative estimate of drug-likeness (QED) is 0.872. The van der Waals surface area contributed by atoms with Crippen molar-refractivity contribution in [2.45, 2.75) is 25.9 Å². The van der Waals surface area contributed by atoms with E-state index in [-0.39, 0.29) is 11.9 Å². The molecule has 3 N–H and O–H groups in total. The first-order chi connectivity index (χ1) is 9.70. The molecule has 4 nitrogen and oxygen atoms in total. The summed E-state index contributed by atoms with van der Waals surface area (Å²) in [5.41, 5.74) is 8.51. The highest BCUT2D eigenvalue weighted by Crippen LogP contribution is 2.11. The summed E-state index contributed by atoms with van der Waals surface area (Å²) in [6, 6.07) is 13.3. The van der Waals surface area contributed by atoms with Gasteiger partial charge in [-0.05, 0) is 30.2 Å². The van der Waals surface area contributed by atoms with E-state index in [1.807, 2.05) is 49.4 Å². The minimum Gasteiger partial charge on any atom is -0.348 e. The molecule has 0 saturated carbocycles. The third-order valence-corrected chi connectivity index (χ3v) is 3.20. The summed E-state index contributed by atoms with van der Waals surface area (Å²) in [6.45, 7) is 2.37. The SMILES string of the molecule is C[C@@H](NC(=O)Cc1ccccc1CN)c1ccccn1. The smallest absolute Gasteiger partial charge is 0.224 e. The van der Waals surface area contributed by atoms with Gasteiger partial charge in [-0.3, -0.25) is 9.78 Å². The molecule has 0 bridgehead atoms. The van der Waals surface area contributed by atoms with E-state index in [1.54, 1.807) is 6.20 Å². The van der Waals surface area contributed by atoms with Crippen LogP contribution in [0.25, 0.3) is 0 Å². The fourth-order valence-electron chi connectivity index (χ4n) is 2.10. The third kappa shape index (κ3) is 3.65. The van der Waals surface area contributed by atoms with Gasteiger partial charge in [0.05, 0.1) is 18.2 Å². The lowest BCUT2D eigenvalue weighted by Crippen LogP contribution is -2.29. The minimum absolute atomic E-state index is 0.0240. The summed E-state index contributed by atoms with van der Waals surface area (Å²) in [5.74, 6) is -0.0240. The molecule has 0 radical (unpaired) electrons. The third-order valence-electron chi connectivity index (χ3n) is 3.20. The molecule has 1 aromatic carbocycles. The van der Waals surface area contributed by atoms with Crippen molar-refractivity contribution in [3.05, 3.63) is 65.5 Å². The Morgan fingerprint density at radius 1 is 1.20 bits per heavy atom. The zero-order chi connectivity index (χ0) is 14.4. The van der Waals surface area contributed by atoms with Crippen LogP contribution in [0.15, 0.2) is 48.7 Å². The number of carbonyl (C=O) groups excluding carboxylic acids is 1. The molecule has 2 rings (SSSR count). The Kier molecular flexibility index (Phi) is 4.85. The van der Waals surface area contributed by atoms with Crippen molar-refractivity contribution in [2.24, 2.45) is 5.73 Å². The van der Waals surface area contributed by atoms with Gasteiger partial charge in [0.15, 0.2) is 0 Å². The van der Waals surface area contributed by atoms with Crippen LogP contribution in [0.5, 0.6) is 0 Å². The van der Waals surface area contributed by atoms with Crippen molar-refractivity contribution in [2.75, 3.05) is 0 Å². The second-order valence-corrected chi connectivity index (χ2v) is 4.69. The number of hydrogen-bond acceptors (Lipinski definition) is 3. The average Bonchev–Trinajstić information content (AvgIpc) is 2.48. The van der Waals surface area contributed by atoms with E-state index in [1.165, 1.54) is 0 Å². The molecule has 0 unspecified atom stereocenters. The number of rotatable bonds is 5. The molecule has 20 heavy (non-hydrogen) atoms. The standard InChI is InChI=1S/C16H19N3O/c1-12(15-8-4-5-9-18-15)19-16(20)10-13-6-2-3-7-14(13)11-17/h2-9,12H,10-11,17H2,1H3,(H,19,20)/t12-/m1/s1. The van der Waals surface area contributed by atoms with Crippen molar-refractivity contribution >= 4 is 5.91 Å². The second-order valence-electron chi connectivity index (χ2n) is 4.69. The van der Waals surface area contributed by atoms with Crippen molar-refractivity contribution in [1.29, 1.82) is 0 Å². The van der Waals surface area contributed by atoms with Crippen LogP contribution < -0.4 is 11.1 Å². The van der Waals surface area contributed by atoms with Gasteiger partial charge in [-0.1, -0.05) is 30.3 Å². The number of carbonyl (C=O) groups is 1. The van der Waals surface area contributed by atoms with Crippen molar-refractivity contribution in [3.8, 4) is 0 Å². The average molecular weight is 269 g/mol. The Labute approximate surface area is 119 Å². The summed E-state index contributed by atoms with van der Waals surface area (Å²) in [7, 11) is 0. The molecule has 0 aliphatic carbocycles. The molecular formula is C16H19N3O. The Hall–Kier alpha value is -2.20. The van der Waals surface area contributed by atoms with E-state index >= 15 is 0 Å². The number of aromatic nitrogens is 1. The zero-order valence-corrected chi connectivity index (χ0v) is 11.5. The topological polar surface area (TPSA) is 68.0 Å². The van der Waals surface area contributed by atoms with Crippen LogP contribution in [0, 0.1) is 0 Å². The predicted molar refractivity (Wildman–Crippen MR) is 78.8 cm³/mol. The van der Waals surface area contributed by atoms with Crippen molar-refractivity contribution in [3.63, 3.8) is 0 Å². The van der Waals surface area contributed by atoms with Gasteiger partial charge in [0, 0.05) is 12.7 Å². The van der Waals surface area contributed by atoms with Gasteiger partial charge < -0.3 is 11.1 Å². The second kappa shape index (κ2) is 6.82. The molecule has 104 valence electrons. The molecule has 1 amide bonds. The number of nitrogens with two attached hydrogens (primary N) is 1. The van der Waals surface area contributed by atoms with Gasteiger partial charge in [-0.25, -0.2) is 0 Å². The fourth-order valence-corrected chi connectivity index (χ4v) is 2.10. The van der Waals surface area contributed by atoms with Gasteiger partial charge in [0.2, 0.25) is 5.91 Å². The van der Waals surface area contributed by atoms with E-state index in [0.29, 0.717) is 13.0 Å². The summed E-state index contributed by atoms with van der Waals surface area (Å²) in [4.78, 5) is 16.3. The van der Waals surface area contributed by atoms with Gasteiger partial charge in [0.25, 0.3) is 0 Å². The van der Waals surface area contributed by atoms with E-state index < -0.39 is 0 Å². The lowest BCUT2D eigenvalue weighted by atomic mass is 10.0. The molecule has 1 aromatic heterocycles. The number of amides is 1. The summed E-state index contributed by atoms with van der Waals surface area (Å²) >= 11 is 0. The van der Waals surface area contributed by atoms with E-state index in [0.717, 1.165) is 16.8 Å². The fraction of sp³-hybridized carbons (Fsp3) is 0.250. The molecule has 4 heteroatoms. The zero-order valence-electron chi connectivity index (χ0n) is 11.5. The number of nitrogens with zero attached hydrogens (tertiary/aromatic N) is 1. The Bertz CT molecular complexity index is 569. The molecule has 0 saturated heterocycles. The minimum atomic E-state index is -0.103. The molecule has 0 aliphatic heterocycles. The maximum atomic E-state index is 12.1. The lowest BCUT2D eigenvalue weighted by Gasteiger charge is -2.14. The summed E-state index contributed by atoms with van der Waals surface area (Å²) in [6.07, 6.45) is 2.06. The first-order valence-electron chi connectivity index (χ1n) is 6.68. The molecule has 1 atom stereocenters. The predicted octanol–water partition coefficient (Wildman–Crippen LogP) is 1.96. The van der Waals surface area contributed by atoms with Crippen LogP contribution in [0.2, 0.25) is 0 Å². The van der Waals surface area contributed by atoms with Crippen LogP contribution in [0.1, 0.15) is 29.8 Å². The van der Waals surface area contributed by atoms with Gasteiger partial charge in [-0.2, -0.15) is 0 Å². The molecule has 0 aliphatic rings. The monoisotopic (exact) mass is 269 g/mol. The maximum absolute atomic E-state index is 12.1. The highest BCUT2D eigenvalue weighted by molar-refractivity contribution is 5.79. The first-order valence-corrected chi connectivity index (χ1v) is 6.68. The van der Waals surface area contributed by atoms with E-state index in [2.05, 4.69) is 10.3 Å². The van der Waals surface area contributed by atoms with E-state index in [4.69, 9.17) is 5.73 Å². The van der Waals surface area contributed by atoms with Crippen LogP contribution in [-0.4, -0.2) is 10.9 Å². The molecule has 0 spiro atoms. The molecule has 2 aromatic rings. The normalized spacial score (nSPS) is 11.9. The van der Waals surface area contributed by atoms with Crippen LogP contribution in [-0.2, 0) is 17.8 Å². The summed E-state index contributed by atoms with van der Waals surface area (Å²) < 4.78 is 0. The Morgan fingerprint density at radius 3 is 2.55 bits per heavy atom. The highest BCUT2D eigenvalue weighted by atomic mass is 16.1. The highest BCUT2D eigenvalue weighted by Gasteiger charge is 2.12. The lowest BCUT2D eigenvalue weighted by molar-refractivity contribution is -0.121. The summed E-state index contributed by atoms with van der Waals surface area (Å²) in [5, 5.41) is 2.95. The Morgan fingerprint density at radius 2 is 1.90 bits per heavy atom. The molecule has 1 heterocycles. The molecule has 0 fully saturated rings.